The van der Waals surface area contributed by atoms with Crippen molar-refractivity contribution in [3.63, 3.8) is 0 Å². The summed E-state index contributed by atoms with van der Waals surface area (Å²) in [7, 11) is 0. The van der Waals surface area contributed by atoms with Crippen LogP contribution in [0, 0.1) is 0 Å². The van der Waals surface area contributed by atoms with E-state index in [1.165, 1.54) is 0 Å². The third-order valence-electron chi connectivity index (χ3n) is 2.70. The molecule has 1 aromatic rings. The Labute approximate surface area is 117 Å². The molecule has 1 atom stereocenters. The number of para-hydroxylation sites is 1. The molecule has 1 aromatic carbocycles. The molecule has 0 bridgehead atoms. The van der Waals surface area contributed by atoms with Gasteiger partial charge < -0.3 is 20.5 Å². The number of fused-ring (bicyclic) bond motifs is 1. The molecule has 1 aliphatic rings. The molecule has 5 nitrogen and oxygen atoms in total. The average Bonchev–Trinajstić information content (AvgIpc) is 2.36. The molecule has 6 heteroatoms. The minimum absolute atomic E-state index is 0.120. The Morgan fingerprint density at radius 3 is 2.95 bits per heavy atom. The minimum atomic E-state index is -0.217. The molecule has 0 saturated carbocycles. The van der Waals surface area contributed by atoms with Gasteiger partial charge >= 0.3 is 0 Å². The van der Waals surface area contributed by atoms with Gasteiger partial charge in [0.15, 0.2) is 11.5 Å². The fraction of sp³-hybridized carbons (Fsp3) is 0.385. The molecule has 19 heavy (non-hydrogen) atoms. The first-order valence-corrected chi connectivity index (χ1v) is 6.46. The SMILES string of the molecule is CC(CC(N)=S)NC(=O)c1cccc2c1OCCO2. The summed E-state index contributed by atoms with van der Waals surface area (Å²) in [6.07, 6.45) is 0.466. The van der Waals surface area contributed by atoms with Crippen molar-refractivity contribution >= 4 is 23.1 Å². The van der Waals surface area contributed by atoms with Gasteiger partial charge in [0.2, 0.25) is 0 Å². The number of ether oxygens (including phenoxy) is 2. The second kappa shape index (κ2) is 5.88. The Hall–Kier alpha value is -1.82. The number of nitrogens with one attached hydrogen (secondary N) is 1. The second-order valence-corrected chi connectivity index (χ2v) is 4.90. The lowest BCUT2D eigenvalue weighted by molar-refractivity contribution is 0.0930. The van der Waals surface area contributed by atoms with E-state index in [1.54, 1.807) is 18.2 Å². The van der Waals surface area contributed by atoms with Crippen LogP contribution < -0.4 is 20.5 Å². The zero-order chi connectivity index (χ0) is 13.8. The standard InChI is InChI=1S/C13H16N2O3S/c1-8(7-11(14)19)15-13(16)9-3-2-4-10-12(9)18-6-5-17-10/h2-4,8H,5-7H2,1H3,(H2,14,19)(H,15,16). The number of carbonyl (C=O) groups is 1. The number of hydrogen-bond acceptors (Lipinski definition) is 4. The summed E-state index contributed by atoms with van der Waals surface area (Å²) in [6, 6.07) is 5.13. The molecule has 1 amide bonds. The molecular formula is C13H16N2O3S. The van der Waals surface area contributed by atoms with Gasteiger partial charge in [-0.15, -0.1) is 0 Å². The van der Waals surface area contributed by atoms with Gasteiger partial charge in [-0.3, -0.25) is 4.79 Å². The van der Waals surface area contributed by atoms with Crippen LogP contribution in [0.25, 0.3) is 0 Å². The van der Waals surface area contributed by atoms with Crippen LogP contribution >= 0.6 is 12.2 Å². The fourth-order valence-electron chi connectivity index (χ4n) is 1.91. The first-order chi connectivity index (χ1) is 9.08. The first-order valence-electron chi connectivity index (χ1n) is 6.05. The topological polar surface area (TPSA) is 73.6 Å². The van der Waals surface area contributed by atoms with Gasteiger partial charge in [-0.2, -0.15) is 0 Å². The van der Waals surface area contributed by atoms with Gasteiger partial charge in [-0.05, 0) is 19.1 Å². The van der Waals surface area contributed by atoms with Crippen molar-refractivity contribution in [3.05, 3.63) is 23.8 Å². The Bertz CT molecular complexity index is 505. The summed E-state index contributed by atoms with van der Waals surface area (Å²) in [5, 5.41) is 2.84. The lowest BCUT2D eigenvalue weighted by atomic mass is 10.1. The van der Waals surface area contributed by atoms with Crippen LogP contribution in [-0.2, 0) is 0 Å². The quantitative estimate of drug-likeness (QED) is 0.812. The van der Waals surface area contributed by atoms with Crippen molar-refractivity contribution in [3.8, 4) is 11.5 Å². The molecule has 2 rings (SSSR count). The Kier molecular flexibility index (Phi) is 4.21. The summed E-state index contributed by atoms with van der Waals surface area (Å²) in [5.74, 6) is 0.876. The zero-order valence-electron chi connectivity index (χ0n) is 10.6. The molecule has 1 unspecified atom stereocenters. The number of amides is 1. The van der Waals surface area contributed by atoms with E-state index in [1.807, 2.05) is 6.92 Å². The highest BCUT2D eigenvalue weighted by atomic mass is 32.1. The van der Waals surface area contributed by atoms with Crippen LogP contribution in [0.5, 0.6) is 11.5 Å². The molecule has 0 aromatic heterocycles. The monoisotopic (exact) mass is 280 g/mol. The van der Waals surface area contributed by atoms with Crippen molar-refractivity contribution in [2.75, 3.05) is 13.2 Å². The highest BCUT2D eigenvalue weighted by Crippen LogP contribution is 2.33. The molecule has 1 aliphatic heterocycles. The molecule has 0 spiro atoms. The predicted octanol–water partition coefficient (Wildman–Crippen LogP) is 1.25. The van der Waals surface area contributed by atoms with Crippen molar-refractivity contribution in [2.24, 2.45) is 5.73 Å². The zero-order valence-corrected chi connectivity index (χ0v) is 11.5. The molecular weight excluding hydrogens is 264 g/mol. The Morgan fingerprint density at radius 2 is 2.21 bits per heavy atom. The largest absolute Gasteiger partial charge is 0.486 e. The van der Waals surface area contributed by atoms with Gasteiger partial charge in [0.25, 0.3) is 5.91 Å². The molecule has 0 fully saturated rings. The molecule has 3 N–H and O–H groups in total. The van der Waals surface area contributed by atoms with Crippen LogP contribution in [0.2, 0.25) is 0 Å². The van der Waals surface area contributed by atoms with Gasteiger partial charge in [-0.25, -0.2) is 0 Å². The number of thiocarbonyl (C=S) groups is 1. The highest BCUT2D eigenvalue weighted by molar-refractivity contribution is 7.80. The summed E-state index contributed by atoms with van der Waals surface area (Å²) in [5.41, 5.74) is 5.92. The van der Waals surface area contributed by atoms with E-state index in [9.17, 15) is 4.79 Å². The Morgan fingerprint density at radius 1 is 1.47 bits per heavy atom. The number of benzene rings is 1. The summed E-state index contributed by atoms with van der Waals surface area (Å²) < 4.78 is 10.9. The maximum atomic E-state index is 12.2. The second-order valence-electron chi connectivity index (χ2n) is 4.37. The maximum absolute atomic E-state index is 12.2. The van der Waals surface area contributed by atoms with Crippen molar-refractivity contribution in [1.82, 2.24) is 5.32 Å². The van der Waals surface area contributed by atoms with E-state index in [-0.39, 0.29) is 11.9 Å². The van der Waals surface area contributed by atoms with Crippen molar-refractivity contribution in [1.29, 1.82) is 0 Å². The molecule has 0 aliphatic carbocycles. The van der Waals surface area contributed by atoms with Crippen LogP contribution in [-0.4, -0.2) is 30.2 Å². The van der Waals surface area contributed by atoms with Crippen LogP contribution in [0.15, 0.2) is 18.2 Å². The van der Waals surface area contributed by atoms with E-state index in [0.717, 1.165) is 0 Å². The van der Waals surface area contributed by atoms with Crippen LogP contribution in [0.1, 0.15) is 23.7 Å². The number of rotatable bonds is 4. The first kappa shape index (κ1) is 13.6. The van der Waals surface area contributed by atoms with E-state index < -0.39 is 0 Å². The van der Waals surface area contributed by atoms with Gasteiger partial charge in [0.05, 0.1) is 10.6 Å². The van der Waals surface area contributed by atoms with Crippen LogP contribution in [0.4, 0.5) is 0 Å². The Balaban J connectivity index is 2.13. The van der Waals surface area contributed by atoms with Gasteiger partial charge in [0.1, 0.15) is 13.2 Å². The number of carbonyl (C=O) groups excluding carboxylic acids is 1. The summed E-state index contributed by atoms with van der Waals surface area (Å²) >= 11 is 4.82. The summed E-state index contributed by atoms with van der Waals surface area (Å²) in [6.45, 7) is 2.79. The van der Waals surface area contributed by atoms with Gasteiger partial charge in [-0.1, -0.05) is 18.3 Å². The molecule has 0 saturated heterocycles. The fourth-order valence-corrected chi connectivity index (χ4v) is 2.16. The molecule has 1 heterocycles. The third kappa shape index (κ3) is 3.35. The maximum Gasteiger partial charge on any atom is 0.255 e. The van der Waals surface area contributed by atoms with Crippen molar-refractivity contribution < 1.29 is 14.3 Å². The number of nitrogens with two attached hydrogens (primary N) is 1. The number of hydrogen-bond donors (Lipinski definition) is 2. The van der Waals surface area contributed by atoms with Gasteiger partial charge in [0, 0.05) is 12.5 Å². The molecule has 0 radical (unpaired) electrons. The average molecular weight is 280 g/mol. The normalized spacial score (nSPS) is 14.6. The molecule has 102 valence electrons. The summed E-state index contributed by atoms with van der Waals surface area (Å²) in [4.78, 5) is 12.6. The van der Waals surface area contributed by atoms with E-state index in [0.29, 0.717) is 41.7 Å². The minimum Gasteiger partial charge on any atom is -0.486 e. The predicted molar refractivity (Wildman–Crippen MR) is 75.8 cm³/mol. The van der Waals surface area contributed by atoms with E-state index >= 15 is 0 Å². The van der Waals surface area contributed by atoms with Crippen LogP contribution in [0.3, 0.4) is 0 Å². The third-order valence-corrected chi connectivity index (χ3v) is 2.86. The van der Waals surface area contributed by atoms with Crippen molar-refractivity contribution in [2.45, 2.75) is 19.4 Å². The highest BCUT2D eigenvalue weighted by Gasteiger charge is 2.21. The van der Waals surface area contributed by atoms with E-state index in [4.69, 9.17) is 27.4 Å². The van der Waals surface area contributed by atoms with E-state index in [2.05, 4.69) is 5.32 Å². The lowest BCUT2D eigenvalue weighted by Crippen LogP contribution is -2.35. The smallest absolute Gasteiger partial charge is 0.255 e. The lowest BCUT2D eigenvalue weighted by Gasteiger charge is -2.21.